The van der Waals surface area contributed by atoms with Gasteiger partial charge in [-0.05, 0) is 94.8 Å². The number of alkyl halides is 2. The second-order valence-electron chi connectivity index (χ2n) is 11.4. The van der Waals surface area contributed by atoms with Crippen molar-refractivity contribution >= 4 is 0 Å². The Morgan fingerprint density at radius 1 is 1.13 bits per heavy atom. The van der Waals surface area contributed by atoms with Crippen LogP contribution in [0.3, 0.4) is 0 Å². The van der Waals surface area contributed by atoms with Gasteiger partial charge in [-0.2, -0.15) is 0 Å². The van der Waals surface area contributed by atoms with Gasteiger partial charge < -0.3 is 15.3 Å². The summed E-state index contributed by atoms with van der Waals surface area (Å²) in [6.07, 6.45) is 10.9. The SMILES string of the molecule is C[C@H](CCC(F)(F)C(C)(C)O)[C@H]1CC[C@H]2/C(=C/C=C3C[C@@H](O)C[C@@H](O)C3)CCC[C@]12C. The van der Waals surface area contributed by atoms with Crippen LogP contribution in [0.15, 0.2) is 23.3 Å². The van der Waals surface area contributed by atoms with Crippen molar-refractivity contribution in [2.45, 2.75) is 116 Å². The topological polar surface area (TPSA) is 60.7 Å². The van der Waals surface area contributed by atoms with E-state index >= 15 is 0 Å². The van der Waals surface area contributed by atoms with Gasteiger partial charge in [0.2, 0.25) is 0 Å². The van der Waals surface area contributed by atoms with Crippen molar-refractivity contribution in [1.29, 1.82) is 0 Å². The molecule has 6 atom stereocenters. The Hall–Kier alpha value is -0.780. The van der Waals surface area contributed by atoms with E-state index in [4.69, 9.17) is 0 Å². The maximum Gasteiger partial charge on any atom is 0.275 e. The summed E-state index contributed by atoms with van der Waals surface area (Å²) in [5, 5.41) is 29.7. The Kier molecular flexibility index (Phi) is 7.40. The van der Waals surface area contributed by atoms with E-state index in [1.807, 2.05) is 0 Å². The molecular weight excluding hydrogens is 398 g/mol. The number of allylic oxidation sites excluding steroid dienone is 3. The van der Waals surface area contributed by atoms with Gasteiger partial charge in [0.25, 0.3) is 5.92 Å². The second kappa shape index (κ2) is 9.23. The number of aliphatic hydroxyl groups excluding tert-OH is 2. The predicted molar refractivity (Wildman–Crippen MR) is 120 cm³/mol. The van der Waals surface area contributed by atoms with Crippen LogP contribution >= 0.6 is 0 Å². The molecule has 3 N–H and O–H groups in total. The normalized spacial score (nSPS) is 38.5. The van der Waals surface area contributed by atoms with Gasteiger partial charge in [0.1, 0.15) is 5.60 Å². The van der Waals surface area contributed by atoms with Crippen LogP contribution < -0.4 is 0 Å². The zero-order valence-electron chi connectivity index (χ0n) is 19.7. The molecule has 0 aromatic heterocycles. The first-order valence-corrected chi connectivity index (χ1v) is 12.2. The molecule has 0 saturated heterocycles. The number of hydrogen-bond acceptors (Lipinski definition) is 3. The summed E-state index contributed by atoms with van der Waals surface area (Å²) in [5.41, 5.74) is 0.719. The maximum atomic E-state index is 14.3. The van der Waals surface area contributed by atoms with Crippen LogP contribution in [0.4, 0.5) is 8.78 Å². The summed E-state index contributed by atoms with van der Waals surface area (Å²) >= 11 is 0. The van der Waals surface area contributed by atoms with Gasteiger partial charge in [-0.25, -0.2) is 8.78 Å². The molecule has 3 rings (SSSR count). The van der Waals surface area contributed by atoms with Crippen molar-refractivity contribution < 1.29 is 24.1 Å². The molecular formula is C26H42F2O3. The van der Waals surface area contributed by atoms with E-state index in [-0.39, 0.29) is 17.8 Å². The van der Waals surface area contributed by atoms with E-state index in [2.05, 4.69) is 26.0 Å². The summed E-state index contributed by atoms with van der Waals surface area (Å²) in [5.74, 6) is -1.97. The molecule has 3 saturated carbocycles. The highest BCUT2D eigenvalue weighted by Crippen LogP contribution is 2.60. The molecule has 31 heavy (non-hydrogen) atoms. The molecule has 3 fully saturated rings. The third-order valence-corrected chi connectivity index (χ3v) is 8.61. The molecule has 3 nitrogen and oxygen atoms in total. The van der Waals surface area contributed by atoms with Crippen molar-refractivity contribution in [3.63, 3.8) is 0 Å². The predicted octanol–water partition coefficient (Wildman–Crippen LogP) is 5.78. The first kappa shape index (κ1) is 24.9. The van der Waals surface area contributed by atoms with Gasteiger partial charge >= 0.3 is 0 Å². The van der Waals surface area contributed by atoms with E-state index in [9.17, 15) is 24.1 Å². The molecule has 3 aliphatic rings. The van der Waals surface area contributed by atoms with Gasteiger partial charge in [0.05, 0.1) is 12.2 Å². The monoisotopic (exact) mass is 440 g/mol. The Balaban J connectivity index is 1.69. The zero-order chi connectivity index (χ0) is 23.0. The largest absolute Gasteiger partial charge is 0.393 e. The van der Waals surface area contributed by atoms with Crippen LogP contribution in [-0.4, -0.2) is 39.1 Å². The van der Waals surface area contributed by atoms with Crippen LogP contribution in [0.5, 0.6) is 0 Å². The zero-order valence-corrected chi connectivity index (χ0v) is 19.7. The number of aliphatic hydroxyl groups is 3. The Labute approximate surface area is 186 Å². The first-order chi connectivity index (χ1) is 14.3. The van der Waals surface area contributed by atoms with Crippen LogP contribution in [-0.2, 0) is 0 Å². The van der Waals surface area contributed by atoms with Crippen LogP contribution in [0.2, 0.25) is 0 Å². The molecule has 0 bridgehead atoms. The van der Waals surface area contributed by atoms with E-state index < -0.39 is 23.7 Å². The Bertz CT molecular complexity index is 681. The molecule has 0 radical (unpaired) electrons. The number of halogens is 2. The molecule has 0 aliphatic heterocycles. The number of hydrogen-bond donors (Lipinski definition) is 3. The summed E-state index contributed by atoms with van der Waals surface area (Å²) in [4.78, 5) is 0. The second-order valence-corrected chi connectivity index (χ2v) is 11.4. The molecule has 0 heterocycles. The molecule has 5 heteroatoms. The van der Waals surface area contributed by atoms with Gasteiger partial charge in [-0.1, -0.05) is 37.1 Å². The van der Waals surface area contributed by atoms with Crippen LogP contribution in [0.1, 0.15) is 91.9 Å². The fourth-order valence-corrected chi connectivity index (χ4v) is 6.66. The molecule has 0 aromatic rings. The lowest BCUT2D eigenvalue weighted by molar-refractivity contribution is -0.168. The van der Waals surface area contributed by atoms with Crippen molar-refractivity contribution in [2.75, 3.05) is 0 Å². The van der Waals surface area contributed by atoms with Crippen molar-refractivity contribution in [3.8, 4) is 0 Å². The molecule has 0 aromatic carbocycles. The molecule has 0 amide bonds. The first-order valence-electron chi connectivity index (χ1n) is 12.2. The van der Waals surface area contributed by atoms with Gasteiger partial charge in [0.15, 0.2) is 0 Å². The molecule has 178 valence electrons. The van der Waals surface area contributed by atoms with Gasteiger partial charge in [0, 0.05) is 6.42 Å². The summed E-state index contributed by atoms with van der Waals surface area (Å²) in [6.45, 7) is 6.86. The lowest BCUT2D eigenvalue weighted by atomic mass is 9.60. The smallest absolute Gasteiger partial charge is 0.275 e. The standard InChI is InChI=1S/C26H42F2O3/c1-17(11-13-26(27,28)24(2,3)31)22-9-10-23-19(6-5-12-25(22,23)4)8-7-18-14-20(29)16-21(30)15-18/h7-8,17,20-23,29-31H,5-6,9-16H2,1-4H3/b18-7?,19-8+/t17-,20-,21+,22-,23+,25-/m1/s1. The minimum absolute atomic E-state index is 0.137. The lowest BCUT2D eigenvalue weighted by Gasteiger charge is -2.44. The molecule has 0 spiro atoms. The van der Waals surface area contributed by atoms with Crippen molar-refractivity contribution in [1.82, 2.24) is 0 Å². The highest BCUT2D eigenvalue weighted by molar-refractivity contribution is 5.26. The van der Waals surface area contributed by atoms with E-state index in [0.29, 0.717) is 37.5 Å². The fraction of sp³-hybridized carbons (Fsp3) is 0.846. The van der Waals surface area contributed by atoms with E-state index in [1.165, 1.54) is 19.4 Å². The van der Waals surface area contributed by atoms with E-state index in [1.54, 1.807) is 0 Å². The summed E-state index contributed by atoms with van der Waals surface area (Å²) < 4.78 is 28.6. The highest BCUT2D eigenvalue weighted by atomic mass is 19.3. The number of rotatable bonds is 6. The van der Waals surface area contributed by atoms with Gasteiger partial charge in [-0.15, -0.1) is 0 Å². The Morgan fingerprint density at radius 3 is 2.39 bits per heavy atom. The van der Waals surface area contributed by atoms with Crippen molar-refractivity contribution in [3.05, 3.63) is 23.3 Å². The Morgan fingerprint density at radius 2 is 1.77 bits per heavy atom. The summed E-state index contributed by atoms with van der Waals surface area (Å²) in [7, 11) is 0. The van der Waals surface area contributed by atoms with Crippen LogP contribution in [0.25, 0.3) is 0 Å². The fourth-order valence-electron chi connectivity index (χ4n) is 6.66. The average Bonchev–Trinajstić information content (AvgIpc) is 3.00. The van der Waals surface area contributed by atoms with Crippen LogP contribution in [0, 0.1) is 23.2 Å². The third kappa shape index (κ3) is 5.42. The molecule has 0 unspecified atom stereocenters. The molecule has 3 aliphatic carbocycles. The average molecular weight is 441 g/mol. The third-order valence-electron chi connectivity index (χ3n) is 8.61. The van der Waals surface area contributed by atoms with Gasteiger partial charge in [-0.3, -0.25) is 0 Å². The minimum Gasteiger partial charge on any atom is -0.393 e. The van der Waals surface area contributed by atoms with Crippen molar-refractivity contribution in [2.24, 2.45) is 23.2 Å². The maximum absolute atomic E-state index is 14.3. The quantitative estimate of drug-likeness (QED) is 0.490. The number of fused-ring (bicyclic) bond motifs is 1. The summed E-state index contributed by atoms with van der Waals surface area (Å²) in [6, 6.07) is 0. The lowest BCUT2D eigenvalue weighted by Crippen LogP contribution is -2.43. The minimum atomic E-state index is -3.07. The highest BCUT2D eigenvalue weighted by Gasteiger charge is 2.51. The van der Waals surface area contributed by atoms with E-state index in [0.717, 1.165) is 37.7 Å².